The first kappa shape index (κ1) is 18.5. The van der Waals surface area contributed by atoms with E-state index in [1.54, 1.807) is 12.1 Å². The normalized spacial score (nSPS) is 10.6. The van der Waals surface area contributed by atoms with Gasteiger partial charge in [0.15, 0.2) is 11.7 Å². The molecule has 27 heavy (non-hydrogen) atoms. The molecular formula is C18H15N3O5S. The van der Waals surface area contributed by atoms with Gasteiger partial charge in [0, 0.05) is 12.1 Å². The number of nitro groups is 1. The molecule has 2 aromatic carbocycles. The molecule has 8 nitrogen and oxygen atoms in total. The van der Waals surface area contributed by atoms with Crippen LogP contribution >= 0.6 is 11.3 Å². The van der Waals surface area contributed by atoms with Gasteiger partial charge in [-0.15, -0.1) is 0 Å². The van der Waals surface area contributed by atoms with Gasteiger partial charge in [-0.3, -0.25) is 20.2 Å². The number of nitrogens with zero attached hydrogens (tertiary/aromatic N) is 2. The van der Waals surface area contributed by atoms with E-state index in [4.69, 9.17) is 4.74 Å². The molecule has 0 bridgehead atoms. The zero-order chi connectivity index (χ0) is 19.6. The van der Waals surface area contributed by atoms with Crippen LogP contribution in [0.4, 0.5) is 10.8 Å². The van der Waals surface area contributed by atoms with Crippen molar-refractivity contribution in [2.24, 2.45) is 0 Å². The summed E-state index contributed by atoms with van der Waals surface area (Å²) < 4.78 is 5.61. The van der Waals surface area contributed by atoms with Crippen LogP contribution in [0.15, 0.2) is 36.4 Å². The molecule has 3 rings (SSSR count). The first-order valence-corrected chi connectivity index (χ1v) is 8.74. The Hall–Kier alpha value is -3.33. The number of amides is 1. The van der Waals surface area contributed by atoms with E-state index in [1.165, 1.54) is 18.2 Å². The second-order valence-corrected chi connectivity index (χ2v) is 6.96. The molecule has 0 radical (unpaired) electrons. The maximum Gasteiger partial charge on any atom is 0.338 e. The number of hydrogen-bond donors (Lipinski definition) is 1. The Morgan fingerprint density at radius 1 is 1.19 bits per heavy atom. The Morgan fingerprint density at radius 3 is 2.56 bits per heavy atom. The molecule has 1 aromatic heterocycles. The number of thiazole rings is 1. The largest absolute Gasteiger partial charge is 0.452 e. The predicted molar refractivity (Wildman–Crippen MR) is 101 cm³/mol. The van der Waals surface area contributed by atoms with Gasteiger partial charge in [-0.1, -0.05) is 28.5 Å². The van der Waals surface area contributed by atoms with Crippen molar-refractivity contribution in [2.75, 3.05) is 11.9 Å². The third-order valence-corrected chi connectivity index (χ3v) is 4.55. The third-order valence-electron chi connectivity index (χ3n) is 3.62. The molecule has 1 amide bonds. The van der Waals surface area contributed by atoms with Crippen molar-refractivity contribution < 1.29 is 19.2 Å². The number of carbonyl (C=O) groups is 2. The van der Waals surface area contributed by atoms with Crippen LogP contribution in [0.3, 0.4) is 0 Å². The molecule has 3 aromatic rings. The number of nitro benzene ring substituents is 1. The van der Waals surface area contributed by atoms with Crippen LogP contribution in [0.1, 0.15) is 21.5 Å². The second-order valence-electron chi connectivity index (χ2n) is 5.93. The molecule has 0 aliphatic rings. The lowest BCUT2D eigenvalue weighted by atomic mass is 10.1. The number of rotatable bonds is 5. The highest BCUT2D eigenvalue weighted by molar-refractivity contribution is 7.22. The van der Waals surface area contributed by atoms with Crippen LogP contribution in [0.2, 0.25) is 0 Å². The van der Waals surface area contributed by atoms with Crippen molar-refractivity contribution in [1.82, 2.24) is 4.98 Å². The van der Waals surface area contributed by atoms with Crippen molar-refractivity contribution in [3.05, 3.63) is 63.2 Å². The number of esters is 1. The highest BCUT2D eigenvalue weighted by Gasteiger charge is 2.14. The monoisotopic (exact) mass is 385 g/mol. The molecule has 9 heteroatoms. The summed E-state index contributed by atoms with van der Waals surface area (Å²) in [5.74, 6) is -1.13. The first-order valence-electron chi connectivity index (χ1n) is 7.92. The molecule has 0 atom stereocenters. The van der Waals surface area contributed by atoms with Crippen molar-refractivity contribution in [2.45, 2.75) is 13.8 Å². The minimum Gasteiger partial charge on any atom is -0.452 e. The molecule has 138 valence electrons. The van der Waals surface area contributed by atoms with E-state index in [-0.39, 0.29) is 10.8 Å². The number of fused-ring (bicyclic) bond motifs is 1. The Morgan fingerprint density at radius 2 is 1.89 bits per heavy atom. The van der Waals surface area contributed by atoms with Gasteiger partial charge >= 0.3 is 5.97 Å². The van der Waals surface area contributed by atoms with Crippen molar-refractivity contribution in [1.29, 1.82) is 0 Å². The molecule has 0 unspecified atom stereocenters. The lowest BCUT2D eigenvalue weighted by Gasteiger charge is -2.06. The van der Waals surface area contributed by atoms with Gasteiger partial charge in [0.05, 0.1) is 20.7 Å². The molecule has 0 aliphatic carbocycles. The lowest BCUT2D eigenvalue weighted by Crippen LogP contribution is -2.20. The number of non-ortho nitro benzene ring substituents is 1. The Labute approximate surface area is 157 Å². The summed E-state index contributed by atoms with van der Waals surface area (Å²) in [6.07, 6.45) is 0. The highest BCUT2D eigenvalue weighted by atomic mass is 32.1. The first-order chi connectivity index (χ1) is 12.8. The maximum absolute atomic E-state index is 12.1. The Kier molecular flexibility index (Phi) is 5.13. The van der Waals surface area contributed by atoms with E-state index < -0.39 is 23.4 Å². The van der Waals surface area contributed by atoms with Gasteiger partial charge in [-0.05, 0) is 32.0 Å². The topological polar surface area (TPSA) is 111 Å². The summed E-state index contributed by atoms with van der Waals surface area (Å²) in [7, 11) is 0. The summed E-state index contributed by atoms with van der Waals surface area (Å²) in [6.45, 7) is 3.28. The number of aromatic nitrogens is 1. The zero-order valence-corrected chi connectivity index (χ0v) is 15.3. The molecular weight excluding hydrogens is 370 g/mol. The number of aryl methyl sites for hydroxylation is 2. The third kappa shape index (κ3) is 4.45. The fraction of sp³-hybridized carbons (Fsp3) is 0.167. The minimum atomic E-state index is -0.586. The number of nitrogens with one attached hydrogen (secondary N) is 1. The van der Waals surface area contributed by atoms with Crippen molar-refractivity contribution in [3.63, 3.8) is 0 Å². The van der Waals surface area contributed by atoms with Crippen molar-refractivity contribution in [3.8, 4) is 0 Å². The van der Waals surface area contributed by atoms with Gasteiger partial charge in [0.25, 0.3) is 11.6 Å². The predicted octanol–water partition coefficient (Wildman–Crippen LogP) is 3.62. The number of anilines is 1. The van der Waals surface area contributed by atoms with Crippen molar-refractivity contribution >= 4 is 44.2 Å². The lowest BCUT2D eigenvalue weighted by molar-refractivity contribution is -0.384. The van der Waals surface area contributed by atoms with E-state index >= 15 is 0 Å². The zero-order valence-electron chi connectivity index (χ0n) is 14.5. The Balaban J connectivity index is 1.62. The van der Waals surface area contributed by atoms with Crippen LogP contribution in [0.5, 0.6) is 0 Å². The second kappa shape index (κ2) is 7.50. The number of benzene rings is 2. The van der Waals surface area contributed by atoms with Crippen LogP contribution in [0.25, 0.3) is 10.2 Å². The summed E-state index contributed by atoms with van der Waals surface area (Å²) in [5.41, 5.74) is 2.72. The van der Waals surface area contributed by atoms with E-state index in [0.717, 1.165) is 22.5 Å². The summed E-state index contributed by atoms with van der Waals surface area (Å²) >= 11 is 1.10. The number of carbonyl (C=O) groups excluding carboxylic acids is 2. The standard InChI is InChI=1S/C18H15N3O5S/c1-10-5-11(2)7-12(6-10)17(23)26-9-16(22)20-18-19-14-4-3-13(21(24)25)8-15(14)27-18/h3-8H,9H2,1-2H3,(H,19,20,22). The Bertz CT molecular complexity index is 1040. The van der Waals surface area contributed by atoms with Crippen LogP contribution in [-0.2, 0) is 9.53 Å². The molecule has 0 aliphatic heterocycles. The smallest absolute Gasteiger partial charge is 0.338 e. The number of ether oxygens (including phenoxy) is 1. The quantitative estimate of drug-likeness (QED) is 0.408. The van der Waals surface area contributed by atoms with E-state index in [0.29, 0.717) is 15.8 Å². The average molecular weight is 385 g/mol. The maximum atomic E-state index is 12.1. The SMILES string of the molecule is Cc1cc(C)cc(C(=O)OCC(=O)Nc2nc3ccc([N+](=O)[O-])cc3s2)c1. The number of hydrogen-bond acceptors (Lipinski definition) is 7. The van der Waals surface area contributed by atoms with E-state index in [2.05, 4.69) is 10.3 Å². The van der Waals surface area contributed by atoms with E-state index in [9.17, 15) is 19.7 Å². The molecule has 0 spiro atoms. The van der Waals surface area contributed by atoms with Crippen LogP contribution in [0, 0.1) is 24.0 Å². The van der Waals surface area contributed by atoms with Gasteiger partial charge in [0.2, 0.25) is 0 Å². The van der Waals surface area contributed by atoms with Gasteiger partial charge < -0.3 is 4.74 Å². The van der Waals surface area contributed by atoms with Crippen LogP contribution in [-0.4, -0.2) is 28.4 Å². The average Bonchev–Trinajstić information content (AvgIpc) is 2.99. The summed E-state index contributed by atoms with van der Waals surface area (Å²) in [6, 6.07) is 9.56. The van der Waals surface area contributed by atoms with Gasteiger partial charge in [0.1, 0.15) is 0 Å². The summed E-state index contributed by atoms with van der Waals surface area (Å²) in [5, 5.41) is 13.6. The van der Waals surface area contributed by atoms with E-state index in [1.807, 2.05) is 19.9 Å². The fourth-order valence-electron chi connectivity index (χ4n) is 2.54. The van der Waals surface area contributed by atoms with Gasteiger partial charge in [-0.2, -0.15) is 0 Å². The van der Waals surface area contributed by atoms with Crippen LogP contribution < -0.4 is 5.32 Å². The molecule has 0 saturated carbocycles. The summed E-state index contributed by atoms with van der Waals surface area (Å²) in [4.78, 5) is 38.6. The molecule has 0 saturated heterocycles. The van der Waals surface area contributed by atoms with Gasteiger partial charge in [-0.25, -0.2) is 9.78 Å². The molecule has 1 heterocycles. The minimum absolute atomic E-state index is 0.0496. The fourth-order valence-corrected chi connectivity index (χ4v) is 3.46. The highest BCUT2D eigenvalue weighted by Crippen LogP contribution is 2.29. The molecule has 1 N–H and O–H groups in total. The molecule has 0 fully saturated rings.